The minimum Gasteiger partial charge on any atom is -0.492 e. The average Bonchev–Trinajstić information content (AvgIpc) is 2.12. The summed E-state index contributed by atoms with van der Waals surface area (Å²) >= 11 is 0. The lowest BCUT2D eigenvalue weighted by atomic mass is 10.1. The molecule has 15 heavy (non-hydrogen) atoms. The molecule has 1 aromatic carbocycles. The van der Waals surface area contributed by atoms with Crippen molar-refractivity contribution in [2.45, 2.75) is 33.7 Å². The zero-order chi connectivity index (χ0) is 11.4. The van der Waals surface area contributed by atoms with Gasteiger partial charge in [0.05, 0.1) is 0 Å². The van der Waals surface area contributed by atoms with E-state index in [1.54, 1.807) is 0 Å². The molecule has 2 N–H and O–H groups in total. The van der Waals surface area contributed by atoms with Gasteiger partial charge < -0.3 is 10.5 Å². The molecule has 0 saturated carbocycles. The molecule has 0 aromatic heterocycles. The van der Waals surface area contributed by atoms with Gasteiger partial charge in [-0.3, -0.25) is 0 Å². The fourth-order valence-corrected chi connectivity index (χ4v) is 1.40. The van der Waals surface area contributed by atoms with E-state index in [9.17, 15) is 0 Å². The van der Waals surface area contributed by atoms with E-state index in [1.807, 2.05) is 12.1 Å². The van der Waals surface area contributed by atoms with Crippen molar-refractivity contribution in [3.05, 3.63) is 29.3 Å². The van der Waals surface area contributed by atoms with Crippen LogP contribution in [0.4, 0.5) is 0 Å². The zero-order valence-corrected chi connectivity index (χ0v) is 10.1. The number of benzene rings is 1. The van der Waals surface area contributed by atoms with Crippen LogP contribution < -0.4 is 10.5 Å². The summed E-state index contributed by atoms with van der Waals surface area (Å²) in [6.07, 6.45) is 0. The Morgan fingerprint density at radius 3 is 2.13 bits per heavy atom. The minimum atomic E-state index is 0.103. The molecular weight excluding hydrogens is 186 g/mol. The predicted molar refractivity (Wildman–Crippen MR) is 64.2 cm³/mol. The van der Waals surface area contributed by atoms with E-state index in [2.05, 4.69) is 33.8 Å². The number of rotatable bonds is 4. The highest BCUT2D eigenvalue weighted by Gasteiger charge is 2.08. The summed E-state index contributed by atoms with van der Waals surface area (Å²) in [5.74, 6) is 1.37. The third-order valence-electron chi connectivity index (χ3n) is 2.49. The van der Waals surface area contributed by atoms with Crippen LogP contribution in [0.25, 0.3) is 0 Å². The molecule has 0 radical (unpaired) electrons. The third kappa shape index (κ3) is 3.92. The van der Waals surface area contributed by atoms with Gasteiger partial charge >= 0.3 is 0 Å². The topological polar surface area (TPSA) is 35.2 Å². The molecule has 0 aliphatic carbocycles. The van der Waals surface area contributed by atoms with E-state index in [0.717, 1.165) is 5.75 Å². The summed E-state index contributed by atoms with van der Waals surface area (Å²) in [5, 5.41) is 0. The molecule has 0 unspecified atom stereocenters. The maximum Gasteiger partial charge on any atom is 0.119 e. The van der Waals surface area contributed by atoms with E-state index in [0.29, 0.717) is 12.5 Å². The summed E-state index contributed by atoms with van der Waals surface area (Å²) in [7, 11) is 0. The van der Waals surface area contributed by atoms with E-state index in [-0.39, 0.29) is 6.04 Å². The molecule has 2 heteroatoms. The zero-order valence-electron chi connectivity index (χ0n) is 10.1. The lowest BCUT2D eigenvalue weighted by Crippen LogP contribution is -2.33. The monoisotopic (exact) mass is 207 g/mol. The van der Waals surface area contributed by atoms with Gasteiger partial charge in [0.2, 0.25) is 0 Å². The maximum atomic E-state index is 5.92. The summed E-state index contributed by atoms with van der Waals surface area (Å²) in [6.45, 7) is 8.94. The van der Waals surface area contributed by atoms with Crippen LogP contribution in [0.15, 0.2) is 18.2 Å². The van der Waals surface area contributed by atoms with Crippen LogP contribution in [0.1, 0.15) is 25.0 Å². The Morgan fingerprint density at radius 1 is 1.13 bits per heavy atom. The second-order valence-corrected chi connectivity index (χ2v) is 4.54. The van der Waals surface area contributed by atoms with Crippen molar-refractivity contribution in [1.29, 1.82) is 0 Å². The van der Waals surface area contributed by atoms with Crippen LogP contribution in [0.5, 0.6) is 5.75 Å². The van der Waals surface area contributed by atoms with Crippen LogP contribution in [-0.2, 0) is 0 Å². The molecule has 1 rings (SSSR count). The first kappa shape index (κ1) is 12.1. The molecule has 0 heterocycles. The molecule has 0 amide bonds. The normalized spacial score (nSPS) is 12.9. The van der Waals surface area contributed by atoms with Crippen molar-refractivity contribution < 1.29 is 4.74 Å². The van der Waals surface area contributed by atoms with Crippen molar-refractivity contribution >= 4 is 0 Å². The number of hydrogen-bond donors (Lipinski definition) is 1. The fourth-order valence-electron chi connectivity index (χ4n) is 1.40. The third-order valence-corrected chi connectivity index (χ3v) is 2.49. The van der Waals surface area contributed by atoms with Crippen LogP contribution in [0.3, 0.4) is 0 Å². The number of aryl methyl sites for hydroxylation is 2. The molecule has 1 aromatic rings. The molecule has 0 aliphatic heterocycles. The van der Waals surface area contributed by atoms with E-state index < -0.39 is 0 Å². The van der Waals surface area contributed by atoms with Gasteiger partial charge in [-0.05, 0) is 43.0 Å². The van der Waals surface area contributed by atoms with Gasteiger partial charge in [-0.1, -0.05) is 19.9 Å². The molecule has 0 fully saturated rings. The van der Waals surface area contributed by atoms with Crippen LogP contribution >= 0.6 is 0 Å². The van der Waals surface area contributed by atoms with Crippen molar-refractivity contribution in [2.24, 2.45) is 11.7 Å². The quantitative estimate of drug-likeness (QED) is 0.823. The number of nitrogens with two attached hydrogens (primary N) is 1. The predicted octanol–water partition coefficient (Wildman–Crippen LogP) is 2.67. The second kappa shape index (κ2) is 5.17. The molecule has 1 atom stereocenters. The molecule has 0 saturated heterocycles. The van der Waals surface area contributed by atoms with E-state index >= 15 is 0 Å². The van der Waals surface area contributed by atoms with Crippen LogP contribution in [0, 0.1) is 19.8 Å². The van der Waals surface area contributed by atoms with E-state index in [1.165, 1.54) is 11.1 Å². The molecule has 0 aliphatic rings. The van der Waals surface area contributed by atoms with Crippen LogP contribution in [0.2, 0.25) is 0 Å². The Morgan fingerprint density at radius 2 is 1.67 bits per heavy atom. The first-order valence-corrected chi connectivity index (χ1v) is 5.45. The average molecular weight is 207 g/mol. The smallest absolute Gasteiger partial charge is 0.119 e. The van der Waals surface area contributed by atoms with Crippen molar-refractivity contribution in [3.63, 3.8) is 0 Å². The highest BCUT2D eigenvalue weighted by Crippen LogP contribution is 2.16. The first-order chi connectivity index (χ1) is 6.99. The summed E-state index contributed by atoms with van der Waals surface area (Å²) < 4.78 is 5.67. The Bertz CT molecular complexity index is 300. The Kier molecular flexibility index (Phi) is 4.15. The van der Waals surface area contributed by atoms with Gasteiger partial charge in [-0.2, -0.15) is 0 Å². The Labute approximate surface area is 92.4 Å². The van der Waals surface area contributed by atoms with Gasteiger partial charge in [-0.15, -0.1) is 0 Å². The van der Waals surface area contributed by atoms with Gasteiger partial charge in [0.15, 0.2) is 0 Å². The lowest BCUT2D eigenvalue weighted by Gasteiger charge is -2.16. The van der Waals surface area contributed by atoms with Crippen molar-refractivity contribution in [2.75, 3.05) is 6.61 Å². The molecule has 84 valence electrons. The van der Waals surface area contributed by atoms with Crippen molar-refractivity contribution in [1.82, 2.24) is 0 Å². The van der Waals surface area contributed by atoms with Crippen molar-refractivity contribution in [3.8, 4) is 5.75 Å². The standard InChI is InChI=1S/C13H21NO/c1-9(2)13(14)8-15-12-6-10(3)5-11(4)7-12/h5-7,9,13H,8,14H2,1-4H3/t13-/m1/s1. The first-order valence-electron chi connectivity index (χ1n) is 5.45. The van der Waals surface area contributed by atoms with Gasteiger partial charge in [0, 0.05) is 6.04 Å². The molecule has 2 nitrogen and oxygen atoms in total. The molecule has 0 bridgehead atoms. The van der Waals surface area contributed by atoms with Gasteiger partial charge in [0.1, 0.15) is 12.4 Å². The molecular formula is C13H21NO. The minimum absolute atomic E-state index is 0.103. The fraction of sp³-hybridized carbons (Fsp3) is 0.538. The maximum absolute atomic E-state index is 5.92. The Hall–Kier alpha value is -1.02. The number of hydrogen-bond acceptors (Lipinski definition) is 2. The van der Waals surface area contributed by atoms with E-state index in [4.69, 9.17) is 10.5 Å². The summed E-state index contributed by atoms with van der Waals surface area (Å²) in [5.41, 5.74) is 8.37. The lowest BCUT2D eigenvalue weighted by molar-refractivity contribution is 0.259. The SMILES string of the molecule is Cc1cc(C)cc(OC[C@@H](N)C(C)C)c1. The largest absolute Gasteiger partial charge is 0.492 e. The highest BCUT2D eigenvalue weighted by atomic mass is 16.5. The second-order valence-electron chi connectivity index (χ2n) is 4.54. The molecule has 0 spiro atoms. The number of ether oxygens (including phenoxy) is 1. The Balaban J connectivity index is 2.57. The van der Waals surface area contributed by atoms with Crippen LogP contribution in [-0.4, -0.2) is 12.6 Å². The highest BCUT2D eigenvalue weighted by molar-refractivity contribution is 5.32. The summed E-state index contributed by atoms with van der Waals surface area (Å²) in [6, 6.07) is 6.32. The van der Waals surface area contributed by atoms with Gasteiger partial charge in [0.25, 0.3) is 0 Å². The summed E-state index contributed by atoms with van der Waals surface area (Å²) in [4.78, 5) is 0. The van der Waals surface area contributed by atoms with Gasteiger partial charge in [-0.25, -0.2) is 0 Å².